The summed E-state index contributed by atoms with van der Waals surface area (Å²) in [5.41, 5.74) is 0. The molecule has 312 valence electrons. The number of carbonyl (C=O) groups is 3. The average molecular weight is 763 g/mol. The smallest absolute Gasteiger partial charge is 0.361 e. The van der Waals surface area contributed by atoms with Crippen LogP contribution in [0.3, 0.4) is 0 Å². The second kappa shape index (κ2) is 37.2. The number of nitrogens with zero attached hydrogens (tertiary/aromatic N) is 1. The van der Waals surface area contributed by atoms with Crippen molar-refractivity contribution in [3.05, 3.63) is 48.6 Å². The largest absolute Gasteiger partial charge is 0.477 e. The number of ether oxygens (including phenoxy) is 4. The molecular weight excluding hydrogens is 682 g/mol. The summed E-state index contributed by atoms with van der Waals surface area (Å²) >= 11 is 0. The lowest BCUT2D eigenvalue weighted by Crippen LogP contribution is -2.40. The third kappa shape index (κ3) is 37.6. The summed E-state index contributed by atoms with van der Waals surface area (Å²) in [6, 6.07) is 0. The van der Waals surface area contributed by atoms with E-state index in [1.165, 1.54) is 38.5 Å². The van der Waals surface area contributed by atoms with E-state index in [-0.39, 0.29) is 38.6 Å². The quantitative estimate of drug-likeness (QED) is 0.0218. The number of allylic oxidation sites excluding steroid dienone is 8. The molecule has 2 atom stereocenters. The number of carboxylic acids is 1. The summed E-state index contributed by atoms with van der Waals surface area (Å²) in [5.74, 6) is -2.05. The molecule has 0 aliphatic heterocycles. The first-order valence-corrected chi connectivity index (χ1v) is 21.3. The molecular formula is C45H80NO8+. The number of quaternary nitrogens is 1. The van der Waals surface area contributed by atoms with Crippen LogP contribution in [0.1, 0.15) is 162 Å². The first kappa shape index (κ1) is 51.2. The Labute approximate surface area is 330 Å². The molecule has 0 saturated heterocycles. The molecule has 0 heterocycles. The maximum absolute atomic E-state index is 12.7. The fraction of sp³-hybridized carbons (Fsp3) is 0.756. The van der Waals surface area contributed by atoms with Crippen LogP contribution in [0, 0.1) is 0 Å². The molecule has 0 aromatic rings. The maximum Gasteiger partial charge on any atom is 0.361 e. The molecule has 0 amide bonds. The number of carbonyl (C=O) groups excluding carboxylic acids is 2. The Kier molecular flexibility index (Phi) is 35.3. The second-order valence-electron chi connectivity index (χ2n) is 15.3. The van der Waals surface area contributed by atoms with Crippen molar-refractivity contribution in [1.82, 2.24) is 0 Å². The van der Waals surface area contributed by atoms with Crippen LogP contribution in [0.2, 0.25) is 0 Å². The van der Waals surface area contributed by atoms with Crippen LogP contribution < -0.4 is 0 Å². The standard InChI is InChI=1S/C45H79NO8/c1-6-8-10-12-14-16-18-20-22-24-26-28-30-32-34-36-43(48)54-41(40-53-45(44(49)50)51-38-37-46(3,4)5)39-52-42(47)35-33-31-29-27-25-23-21-19-17-15-13-11-9-7-2/h8,10,14,16,19-22,41,45H,6-7,9,11-13,15,17-18,23-40H2,1-5H3/p+1/b10-8-,16-14-,21-19-,22-20-. The Morgan fingerprint density at radius 1 is 0.574 bits per heavy atom. The van der Waals surface area contributed by atoms with Crippen molar-refractivity contribution < 1.29 is 42.9 Å². The van der Waals surface area contributed by atoms with E-state index in [1.807, 2.05) is 21.1 Å². The number of likely N-dealkylation sites (N-methyl/N-ethyl adjacent to an activating group) is 1. The molecule has 9 heteroatoms. The Morgan fingerprint density at radius 2 is 1.06 bits per heavy atom. The van der Waals surface area contributed by atoms with Gasteiger partial charge in [0.2, 0.25) is 0 Å². The monoisotopic (exact) mass is 763 g/mol. The molecule has 0 rings (SSSR count). The number of carboxylic acid groups (broad SMARTS) is 1. The van der Waals surface area contributed by atoms with Crippen molar-refractivity contribution in [2.75, 3.05) is 47.5 Å². The van der Waals surface area contributed by atoms with Crippen molar-refractivity contribution in [3.8, 4) is 0 Å². The molecule has 1 N–H and O–H groups in total. The van der Waals surface area contributed by atoms with Crippen molar-refractivity contribution in [2.45, 2.75) is 174 Å². The van der Waals surface area contributed by atoms with Gasteiger partial charge in [0.05, 0.1) is 34.4 Å². The number of unbranched alkanes of at least 4 members (excludes halogenated alkanes) is 15. The number of aliphatic carboxylic acids is 1. The van der Waals surface area contributed by atoms with Gasteiger partial charge in [0.1, 0.15) is 13.2 Å². The van der Waals surface area contributed by atoms with Gasteiger partial charge in [0, 0.05) is 12.8 Å². The van der Waals surface area contributed by atoms with Crippen LogP contribution in [0.15, 0.2) is 48.6 Å². The average Bonchev–Trinajstić information content (AvgIpc) is 3.12. The van der Waals surface area contributed by atoms with Crippen LogP contribution in [0.25, 0.3) is 0 Å². The first-order chi connectivity index (χ1) is 26.1. The highest BCUT2D eigenvalue weighted by atomic mass is 16.7. The normalized spacial score (nSPS) is 13.4. The van der Waals surface area contributed by atoms with Crippen LogP contribution in [-0.2, 0) is 33.3 Å². The van der Waals surface area contributed by atoms with Gasteiger partial charge < -0.3 is 28.5 Å². The van der Waals surface area contributed by atoms with E-state index in [2.05, 4.69) is 62.5 Å². The Bertz CT molecular complexity index is 1030. The van der Waals surface area contributed by atoms with Crippen molar-refractivity contribution in [2.24, 2.45) is 0 Å². The van der Waals surface area contributed by atoms with Gasteiger partial charge in [-0.15, -0.1) is 0 Å². The topological polar surface area (TPSA) is 108 Å². The molecule has 9 nitrogen and oxygen atoms in total. The van der Waals surface area contributed by atoms with Crippen LogP contribution in [0.4, 0.5) is 0 Å². The predicted molar refractivity (Wildman–Crippen MR) is 221 cm³/mol. The van der Waals surface area contributed by atoms with E-state index in [9.17, 15) is 19.5 Å². The highest BCUT2D eigenvalue weighted by molar-refractivity contribution is 5.71. The zero-order chi connectivity index (χ0) is 40.0. The number of hydrogen-bond acceptors (Lipinski definition) is 7. The minimum absolute atomic E-state index is 0.181. The Morgan fingerprint density at radius 3 is 1.59 bits per heavy atom. The van der Waals surface area contributed by atoms with Gasteiger partial charge in [-0.25, -0.2) is 4.79 Å². The minimum Gasteiger partial charge on any atom is -0.477 e. The first-order valence-electron chi connectivity index (χ1n) is 21.3. The summed E-state index contributed by atoms with van der Waals surface area (Å²) in [6.45, 7) is 4.70. The fourth-order valence-corrected chi connectivity index (χ4v) is 5.49. The minimum atomic E-state index is -1.52. The molecule has 0 bridgehead atoms. The molecule has 0 spiro atoms. The molecule has 0 aromatic carbocycles. The molecule has 2 unspecified atom stereocenters. The van der Waals surface area contributed by atoms with E-state index in [1.54, 1.807) is 0 Å². The van der Waals surface area contributed by atoms with Crippen LogP contribution in [0.5, 0.6) is 0 Å². The van der Waals surface area contributed by atoms with E-state index in [0.717, 1.165) is 89.9 Å². The second-order valence-corrected chi connectivity index (χ2v) is 15.3. The molecule has 0 aliphatic rings. The molecule has 0 saturated carbocycles. The van der Waals surface area contributed by atoms with Crippen LogP contribution in [-0.4, -0.2) is 87.4 Å². The zero-order valence-electron chi connectivity index (χ0n) is 35.1. The Balaban J connectivity index is 4.53. The number of esters is 2. The van der Waals surface area contributed by atoms with Gasteiger partial charge in [0.25, 0.3) is 6.29 Å². The lowest BCUT2D eigenvalue weighted by atomic mass is 10.1. The number of rotatable bonds is 38. The van der Waals surface area contributed by atoms with Gasteiger partial charge >= 0.3 is 17.9 Å². The highest BCUT2D eigenvalue weighted by Gasteiger charge is 2.25. The van der Waals surface area contributed by atoms with Crippen LogP contribution >= 0.6 is 0 Å². The van der Waals surface area contributed by atoms with E-state index >= 15 is 0 Å². The van der Waals surface area contributed by atoms with Gasteiger partial charge in [-0.05, 0) is 70.6 Å². The molecule has 54 heavy (non-hydrogen) atoms. The predicted octanol–water partition coefficient (Wildman–Crippen LogP) is 10.8. The summed E-state index contributed by atoms with van der Waals surface area (Å²) in [7, 11) is 5.94. The van der Waals surface area contributed by atoms with Gasteiger partial charge in [-0.3, -0.25) is 9.59 Å². The van der Waals surface area contributed by atoms with Crippen molar-refractivity contribution in [1.29, 1.82) is 0 Å². The summed E-state index contributed by atoms with van der Waals surface area (Å²) in [5, 5.41) is 9.61. The lowest BCUT2D eigenvalue weighted by molar-refractivity contribution is -0.870. The zero-order valence-corrected chi connectivity index (χ0v) is 35.1. The van der Waals surface area contributed by atoms with Gasteiger partial charge in [-0.1, -0.05) is 127 Å². The van der Waals surface area contributed by atoms with Gasteiger partial charge in [-0.2, -0.15) is 0 Å². The third-order valence-corrected chi connectivity index (χ3v) is 8.82. The maximum atomic E-state index is 12.7. The fourth-order valence-electron chi connectivity index (χ4n) is 5.49. The molecule has 0 radical (unpaired) electrons. The van der Waals surface area contributed by atoms with Gasteiger partial charge in [0.15, 0.2) is 6.10 Å². The van der Waals surface area contributed by atoms with E-state index in [0.29, 0.717) is 17.4 Å². The number of hydrogen-bond donors (Lipinski definition) is 1. The Hall–Kier alpha value is -2.75. The van der Waals surface area contributed by atoms with E-state index in [4.69, 9.17) is 18.9 Å². The van der Waals surface area contributed by atoms with Crippen molar-refractivity contribution >= 4 is 17.9 Å². The summed E-state index contributed by atoms with van der Waals surface area (Å²) in [4.78, 5) is 37.0. The molecule has 0 aliphatic carbocycles. The molecule has 0 fully saturated rings. The summed E-state index contributed by atoms with van der Waals surface area (Å²) < 4.78 is 22.7. The lowest BCUT2D eigenvalue weighted by Gasteiger charge is -2.25. The van der Waals surface area contributed by atoms with Crippen molar-refractivity contribution in [3.63, 3.8) is 0 Å². The molecule has 0 aromatic heterocycles. The SMILES string of the molecule is CC/C=C\C/C=C\C/C=C\CCCCCCCC(=O)OC(COC(=O)CCCCCCC/C=C\CCCCCCC)COC(OCC[N+](C)(C)C)C(=O)O. The highest BCUT2D eigenvalue weighted by Crippen LogP contribution is 2.13. The third-order valence-electron chi connectivity index (χ3n) is 8.82. The van der Waals surface area contributed by atoms with E-state index < -0.39 is 24.3 Å². The summed E-state index contributed by atoms with van der Waals surface area (Å²) in [6.07, 6.45) is 38.8.